The molecule has 2 aromatic rings. The lowest BCUT2D eigenvalue weighted by molar-refractivity contribution is 0.390. The minimum atomic E-state index is -0.315. The van der Waals surface area contributed by atoms with E-state index in [1.807, 2.05) is 6.20 Å². The molecule has 0 aliphatic heterocycles. The predicted octanol–water partition coefficient (Wildman–Crippen LogP) is 3.41. The molecular weight excluding hydrogens is 253 g/mol. The fourth-order valence-electron chi connectivity index (χ4n) is 2.41. The molecule has 20 heavy (non-hydrogen) atoms. The summed E-state index contributed by atoms with van der Waals surface area (Å²) >= 11 is 0. The maximum absolute atomic E-state index is 13.1. The van der Waals surface area contributed by atoms with Crippen molar-refractivity contribution in [1.29, 1.82) is 0 Å². The van der Waals surface area contributed by atoms with Crippen LogP contribution in [0.25, 0.3) is 0 Å². The van der Waals surface area contributed by atoms with E-state index >= 15 is 0 Å². The van der Waals surface area contributed by atoms with Crippen molar-refractivity contribution < 1.29 is 4.39 Å². The van der Waals surface area contributed by atoms with E-state index in [1.54, 1.807) is 18.3 Å². The van der Waals surface area contributed by atoms with E-state index in [4.69, 9.17) is 5.73 Å². The number of aryl methyl sites for hydroxylation is 1. The molecular formula is C16H22FN3. The molecule has 4 heteroatoms. The van der Waals surface area contributed by atoms with Gasteiger partial charge in [0.1, 0.15) is 11.6 Å². The first-order valence-electron chi connectivity index (χ1n) is 6.99. The molecule has 108 valence electrons. The van der Waals surface area contributed by atoms with Crippen LogP contribution in [0, 0.1) is 5.82 Å². The Balaban J connectivity index is 2.32. The van der Waals surface area contributed by atoms with Crippen LogP contribution in [-0.2, 0) is 12.0 Å². The van der Waals surface area contributed by atoms with E-state index in [-0.39, 0.29) is 17.3 Å². The van der Waals surface area contributed by atoms with Crippen LogP contribution in [0.4, 0.5) is 4.39 Å². The van der Waals surface area contributed by atoms with E-state index < -0.39 is 0 Å². The summed E-state index contributed by atoms with van der Waals surface area (Å²) in [6.07, 6.45) is 4.78. The van der Waals surface area contributed by atoms with Crippen molar-refractivity contribution in [1.82, 2.24) is 9.55 Å². The second-order valence-corrected chi connectivity index (χ2v) is 5.69. The van der Waals surface area contributed by atoms with Gasteiger partial charge in [-0.25, -0.2) is 9.37 Å². The van der Waals surface area contributed by atoms with Crippen LogP contribution in [0.1, 0.15) is 44.6 Å². The third-order valence-electron chi connectivity index (χ3n) is 3.86. The van der Waals surface area contributed by atoms with Crippen molar-refractivity contribution in [3.05, 3.63) is 53.9 Å². The summed E-state index contributed by atoms with van der Waals surface area (Å²) in [5, 5.41) is 0. The van der Waals surface area contributed by atoms with E-state index in [1.165, 1.54) is 12.1 Å². The van der Waals surface area contributed by atoms with Gasteiger partial charge in [0, 0.05) is 24.4 Å². The third-order valence-corrected chi connectivity index (χ3v) is 3.86. The highest BCUT2D eigenvalue weighted by Gasteiger charge is 2.32. The van der Waals surface area contributed by atoms with E-state index in [2.05, 4.69) is 30.3 Å². The Labute approximate surface area is 119 Å². The van der Waals surface area contributed by atoms with Crippen molar-refractivity contribution in [3.8, 4) is 0 Å². The van der Waals surface area contributed by atoms with Gasteiger partial charge < -0.3 is 10.3 Å². The Morgan fingerprint density at radius 3 is 2.55 bits per heavy atom. The van der Waals surface area contributed by atoms with Crippen molar-refractivity contribution >= 4 is 0 Å². The van der Waals surface area contributed by atoms with Gasteiger partial charge in [-0.1, -0.05) is 32.9 Å². The first-order valence-corrected chi connectivity index (χ1v) is 6.99. The predicted molar refractivity (Wildman–Crippen MR) is 78.9 cm³/mol. The van der Waals surface area contributed by atoms with Crippen LogP contribution in [-0.4, -0.2) is 9.55 Å². The smallest absolute Gasteiger partial charge is 0.126 e. The maximum atomic E-state index is 13.1. The zero-order chi connectivity index (χ0) is 14.8. The molecule has 0 bridgehead atoms. The monoisotopic (exact) mass is 275 g/mol. The van der Waals surface area contributed by atoms with Crippen LogP contribution >= 0.6 is 0 Å². The number of nitrogens with two attached hydrogens (primary N) is 1. The van der Waals surface area contributed by atoms with Gasteiger partial charge in [-0.15, -0.1) is 0 Å². The van der Waals surface area contributed by atoms with Crippen molar-refractivity contribution in [2.24, 2.45) is 5.73 Å². The number of hydrogen-bond donors (Lipinski definition) is 1. The molecule has 0 radical (unpaired) electrons. The van der Waals surface area contributed by atoms with Crippen molar-refractivity contribution in [2.75, 3.05) is 0 Å². The van der Waals surface area contributed by atoms with Crippen LogP contribution in [0.5, 0.6) is 0 Å². The molecule has 1 atom stereocenters. The summed E-state index contributed by atoms with van der Waals surface area (Å²) in [5.74, 6) is 0.645. The van der Waals surface area contributed by atoms with Gasteiger partial charge in [0.2, 0.25) is 0 Å². The quantitative estimate of drug-likeness (QED) is 0.908. The number of nitrogens with zero attached hydrogens (tertiary/aromatic N) is 2. The lowest BCUT2D eigenvalue weighted by Gasteiger charge is -2.32. The van der Waals surface area contributed by atoms with Crippen molar-refractivity contribution in [2.45, 2.75) is 45.2 Å². The molecule has 0 amide bonds. The number of imidazole rings is 1. The summed E-state index contributed by atoms with van der Waals surface area (Å²) in [5.41, 5.74) is 7.14. The molecule has 0 fully saturated rings. The number of benzene rings is 1. The number of halogens is 1. The Morgan fingerprint density at radius 1 is 1.30 bits per heavy atom. The molecule has 1 heterocycles. The largest absolute Gasteiger partial charge is 0.334 e. The molecule has 2 rings (SSSR count). The average molecular weight is 275 g/mol. The summed E-state index contributed by atoms with van der Waals surface area (Å²) < 4.78 is 15.2. The van der Waals surface area contributed by atoms with Crippen LogP contribution < -0.4 is 5.73 Å². The van der Waals surface area contributed by atoms with E-state index in [0.29, 0.717) is 0 Å². The average Bonchev–Trinajstić information content (AvgIpc) is 2.87. The minimum absolute atomic E-state index is 0.231. The maximum Gasteiger partial charge on any atom is 0.126 e. The molecule has 0 saturated heterocycles. The second kappa shape index (κ2) is 5.75. The zero-order valence-electron chi connectivity index (χ0n) is 12.3. The standard InChI is InChI=1S/C16H22FN3/c1-4-10-20-11-9-19-15(20)14(18)16(2,3)12-5-7-13(17)8-6-12/h5-9,11,14H,4,10,18H2,1-3H3. The van der Waals surface area contributed by atoms with Crippen LogP contribution in [0.2, 0.25) is 0 Å². The highest BCUT2D eigenvalue weighted by atomic mass is 19.1. The summed E-state index contributed by atoms with van der Waals surface area (Å²) in [6.45, 7) is 7.16. The van der Waals surface area contributed by atoms with Crippen molar-refractivity contribution in [3.63, 3.8) is 0 Å². The molecule has 1 unspecified atom stereocenters. The van der Waals surface area contributed by atoms with Gasteiger partial charge in [-0.3, -0.25) is 0 Å². The molecule has 3 nitrogen and oxygen atoms in total. The first-order chi connectivity index (χ1) is 9.46. The SMILES string of the molecule is CCCn1ccnc1C(N)C(C)(C)c1ccc(F)cc1. The Bertz CT molecular complexity index is 557. The highest BCUT2D eigenvalue weighted by Crippen LogP contribution is 2.34. The van der Waals surface area contributed by atoms with E-state index in [0.717, 1.165) is 24.4 Å². The summed E-state index contributed by atoms with van der Waals surface area (Å²) in [6, 6.07) is 6.30. The molecule has 1 aromatic carbocycles. The minimum Gasteiger partial charge on any atom is -0.334 e. The van der Waals surface area contributed by atoms with Gasteiger partial charge >= 0.3 is 0 Å². The summed E-state index contributed by atoms with van der Waals surface area (Å²) in [7, 11) is 0. The second-order valence-electron chi connectivity index (χ2n) is 5.69. The lowest BCUT2D eigenvalue weighted by atomic mass is 9.77. The first kappa shape index (κ1) is 14.7. The molecule has 2 N–H and O–H groups in total. The van der Waals surface area contributed by atoms with Gasteiger partial charge in [0.05, 0.1) is 6.04 Å². The molecule has 0 spiro atoms. The Morgan fingerprint density at radius 2 is 1.95 bits per heavy atom. The topological polar surface area (TPSA) is 43.8 Å². The van der Waals surface area contributed by atoms with E-state index in [9.17, 15) is 4.39 Å². The zero-order valence-corrected chi connectivity index (χ0v) is 12.3. The summed E-state index contributed by atoms with van der Waals surface area (Å²) in [4.78, 5) is 4.41. The lowest BCUT2D eigenvalue weighted by Crippen LogP contribution is -2.35. The number of aromatic nitrogens is 2. The Hall–Kier alpha value is -1.68. The van der Waals surface area contributed by atoms with Gasteiger partial charge in [-0.2, -0.15) is 0 Å². The molecule has 1 aromatic heterocycles. The number of rotatable bonds is 5. The molecule has 0 saturated carbocycles. The van der Waals surface area contributed by atoms with Crippen LogP contribution in [0.15, 0.2) is 36.7 Å². The highest BCUT2D eigenvalue weighted by molar-refractivity contribution is 5.28. The van der Waals surface area contributed by atoms with Crippen LogP contribution in [0.3, 0.4) is 0 Å². The molecule has 0 aliphatic rings. The Kier molecular flexibility index (Phi) is 4.23. The normalized spacial score (nSPS) is 13.4. The van der Waals surface area contributed by atoms with Gasteiger partial charge in [-0.05, 0) is 24.1 Å². The number of hydrogen-bond acceptors (Lipinski definition) is 2. The fourth-order valence-corrected chi connectivity index (χ4v) is 2.41. The van der Waals surface area contributed by atoms with Gasteiger partial charge in [0.15, 0.2) is 0 Å². The third kappa shape index (κ3) is 2.75. The molecule has 0 aliphatic carbocycles. The fraction of sp³-hybridized carbons (Fsp3) is 0.438. The van der Waals surface area contributed by atoms with Gasteiger partial charge in [0.25, 0.3) is 0 Å².